The second-order valence-electron chi connectivity index (χ2n) is 6.52. The first-order chi connectivity index (χ1) is 10.2. The van der Waals surface area contributed by atoms with Crippen LogP contribution in [0.4, 0.5) is 0 Å². The number of hydrogen-bond donors (Lipinski definition) is 2. The van der Waals surface area contributed by atoms with E-state index in [0.29, 0.717) is 12.6 Å². The van der Waals surface area contributed by atoms with Gasteiger partial charge in [0, 0.05) is 25.7 Å². The number of hydrogen-bond acceptors (Lipinski definition) is 4. The second-order valence-corrected chi connectivity index (χ2v) is 6.52. The zero-order valence-corrected chi connectivity index (χ0v) is 12.7. The summed E-state index contributed by atoms with van der Waals surface area (Å²) < 4.78 is 0. The third-order valence-electron chi connectivity index (χ3n) is 5.04. The van der Waals surface area contributed by atoms with Crippen LogP contribution in [0.25, 0.3) is 0 Å². The van der Waals surface area contributed by atoms with Gasteiger partial charge in [0.15, 0.2) is 0 Å². The molecular formula is C17H27N3O. The van der Waals surface area contributed by atoms with Crippen molar-refractivity contribution in [3.63, 3.8) is 0 Å². The Morgan fingerprint density at radius 2 is 1.86 bits per heavy atom. The van der Waals surface area contributed by atoms with E-state index in [1.807, 2.05) is 30.3 Å². The highest BCUT2D eigenvalue weighted by Crippen LogP contribution is 2.26. The van der Waals surface area contributed by atoms with Crippen LogP contribution in [0.3, 0.4) is 0 Å². The van der Waals surface area contributed by atoms with Gasteiger partial charge in [-0.3, -0.25) is 9.80 Å². The van der Waals surface area contributed by atoms with Crippen molar-refractivity contribution in [1.82, 2.24) is 9.80 Å². The van der Waals surface area contributed by atoms with E-state index in [2.05, 4.69) is 9.80 Å². The summed E-state index contributed by atoms with van der Waals surface area (Å²) in [4.78, 5) is 4.99. The zero-order valence-electron chi connectivity index (χ0n) is 12.7. The molecule has 0 radical (unpaired) electrons. The van der Waals surface area contributed by atoms with E-state index in [1.165, 1.54) is 32.4 Å². The van der Waals surface area contributed by atoms with Crippen LogP contribution in [-0.4, -0.2) is 60.2 Å². The Morgan fingerprint density at radius 1 is 1.14 bits per heavy atom. The van der Waals surface area contributed by atoms with Crippen molar-refractivity contribution in [3.05, 3.63) is 35.9 Å². The summed E-state index contributed by atoms with van der Waals surface area (Å²) in [5, 5.41) is 10.9. The molecule has 0 amide bonds. The number of aliphatic hydroxyl groups is 1. The lowest BCUT2D eigenvalue weighted by Gasteiger charge is -2.32. The van der Waals surface area contributed by atoms with Gasteiger partial charge in [-0.2, -0.15) is 0 Å². The molecule has 1 aromatic carbocycles. The van der Waals surface area contributed by atoms with Gasteiger partial charge in [0.05, 0.1) is 0 Å². The normalized spacial score (nSPS) is 27.0. The predicted octanol–water partition coefficient (Wildman–Crippen LogP) is 1.00. The maximum absolute atomic E-state index is 10.9. The highest BCUT2D eigenvalue weighted by molar-refractivity contribution is 5.23. The van der Waals surface area contributed by atoms with Crippen LogP contribution >= 0.6 is 0 Å². The number of rotatable bonds is 5. The molecule has 4 heteroatoms. The van der Waals surface area contributed by atoms with Gasteiger partial charge in [0.1, 0.15) is 5.60 Å². The minimum absolute atomic E-state index is 0.266. The molecule has 0 aliphatic carbocycles. The summed E-state index contributed by atoms with van der Waals surface area (Å²) in [5.41, 5.74) is 5.89. The molecule has 0 aromatic heterocycles. The van der Waals surface area contributed by atoms with Crippen molar-refractivity contribution in [2.75, 3.05) is 39.3 Å². The topological polar surface area (TPSA) is 52.7 Å². The molecule has 2 aliphatic rings. The molecule has 2 heterocycles. The van der Waals surface area contributed by atoms with Crippen LogP contribution in [0.5, 0.6) is 0 Å². The van der Waals surface area contributed by atoms with Crippen molar-refractivity contribution in [2.45, 2.75) is 30.9 Å². The van der Waals surface area contributed by atoms with E-state index in [1.54, 1.807) is 0 Å². The Labute approximate surface area is 127 Å². The molecule has 2 atom stereocenters. The van der Waals surface area contributed by atoms with E-state index in [-0.39, 0.29) is 6.54 Å². The minimum atomic E-state index is -0.929. The summed E-state index contributed by atoms with van der Waals surface area (Å²) in [6, 6.07) is 10.5. The lowest BCUT2D eigenvalue weighted by atomic mass is 9.93. The monoisotopic (exact) mass is 289 g/mol. The standard InChI is InChI=1S/C17H27N3O/c18-13-17(21,15-6-2-1-3-7-15)14-19-11-8-16(12-19)20-9-4-5-10-20/h1-3,6-7,16,21H,4-5,8-14,18H2. The lowest BCUT2D eigenvalue weighted by molar-refractivity contribution is 0.0115. The van der Waals surface area contributed by atoms with Crippen molar-refractivity contribution >= 4 is 0 Å². The van der Waals surface area contributed by atoms with Gasteiger partial charge in [-0.1, -0.05) is 30.3 Å². The zero-order chi connectivity index (χ0) is 14.7. The molecule has 116 valence electrons. The number of nitrogens with two attached hydrogens (primary N) is 1. The Balaban J connectivity index is 1.62. The quantitative estimate of drug-likeness (QED) is 0.849. The second kappa shape index (κ2) is 6.44. The van der Waals surface area contributed by atoms with Crippen molar-refractivity contribution in [2.24, 2.45) is 5.73 Å². The van der Waals surface area contributed by atoms with Gasteiger partial charge in [0.25, 0.3) is 0 Å². The predicted molar refractivity (Wildman–Crippen MR) is 85.0 cm³/mol. The summed E-state index contributed by atoms with van der Waals surface area (Å²) in [6.45, 7) is 5.53. The maximum Gasteiger partial charge on any atom is 0.114 e. The summed E-state index contributed by atoms with van der Waals surface area (Å²) in [6.07, 6.45) is 3.90. The van der Waals surface area contributed by atoms with E-state index in [0.717, 1.165) is 18.7 Å². The van der Waals surface area contributed by atoms with Gasteiger partial charge in [0.2, 0.25) is 0 Å². The average molecular weight is 289 g/mol. The molecule has 0 spiro atoms. The molecule has 21 heavy (non-hydrogen) atoms. The fourth-order valence-corrected chi connectivity index (χ4v) is 3.75. The third-order valence-corrected chi connectivity index (χ3v) is 5.04. The average Bonchev–Trinajstić information content (AvgIpc) is 3.19. The van der Waals surface area contributed by atoms with E-state index < -0.39 is 5.60 Å². The fraction of sp³-hybridized carbons (Fsp3) is 0.647. The molecule has 2 aliphatic heterocycles. The van der Waals surface area contributed by atoms with Crippen LogP contribution in [0, 0.1) is 0 Å². The molecular weight excluding hydrogens is 262 g/mol. The minimum Gasteiger partial charge on any atom is -0.382 e. The van der Waals surface area contributed by atoms with Crippen molar-refractivity contribution in [1.29, 1.82) is 0 Å². The van der Waals surface area contributed by atoms with Gasteiger partial charge >= 0.3 is 0 Å². The first-order valence-electron chi connectivity index (χ1n) is 8.16. The van der Waals surface area contributed by atoms with Gasteiger partial charge in [-0.15, -0.1) is 0 Å². The first-order valence-corrected chi connectivity index (χ1v) is 8.16. The number of nitrogens with zero attached hydrogens (tertiary/aromatic N) is 2. The van der Waals surface area contributed by atoms with E-state index in [9.17, 15) is 5.11 Å². The third kappa shape index (κ3) is 3.29. The van der Waals surface area contributed by atoms with Crippen LogP contribution < -0.4 is 5.73 Å². The summed E-state index contributed by atoms with van der Waals surface area (Å²) in [7, 11) is 0. The van der Waals surface area contributed by atoms with Crippen LogP contribution in [0.15, 0.2) is 30.3 Å². The summed E-state index contributed by atoms with van der Waals surface area (Å²) >= 11 is 0. The lowest BCUT2D eigenvalue weighted by Crippen LogP contribution is -2.46. The highest BCUT2D eigenvalue weighted by Gasteiger charge is 2.35. The molecule has 3 N–H and O–H groups in total. The molecule has 4 nitrogen and oxygen atoms in total. The molecule has 0 saturated carbocycles. The van der Waals surface area contributed by atoms with Crippen LogP contribution in [0.1, 0.15) is 24.8 Å². The van der Waals surface area contributed by atoms with Crippen LogP contribution in [0.2, 0.25) is 0 Å². The van der Waals surface area contributed by atoms with E-state index in [4.69, 9.17) is 5.73 Å². The van der Waals surface area contributed by atoms with E-state index >= 15 is 0 Å². The molecule has 2 fully saturated rings. The highest BCUT2D eigenvalue weighted by atomic mass is 16.3. The molecule has 1 aromatic rings. The number of benzene rings is 1. The summed E-state index contributed by atoms with van der Waals surface area (Å²) in [5.74, 6) is 0. The Bertz CT molecular complexity index is 447. The van der Waals surface area contributed by atoms with Gasteiger partial charge in [-0.25, -0.2) is 0 Å². The maximum atomic E-state index is 10.9. The molecule has 0 bridgehead atoms. The largest absolute Gasteiger partial charge is 0.382 e. The Morgan fingerprint density at radius 3 is 2.52 bits per heavy atom. The fourth-order valence-electron chi connectivity index (χ4n) is 3.75. The van der Waals surface area contributed by atoms with Gasteiger partial charge in [-0.05, 0) is 44.5 Å². The van der Waals surface area contributed by atoms with Crippen molar-refractivity contribution in [3.8, 4) is 0 Å². The molecule has 3 rings (SSSR count). The van der Waals surface area contributed by atoms with Crippen LogP contribution in [-0.2, 0) is 5.60 Å². The number of β-amino-alcohol motifs (C(OH)–C–C–N with tert-alkyl or cyclic N) is 1. The SMILES string of the molecule is NCC(O)(CN1CCC(N2CCCC2)C1)c1ccccc1. The number of likely N-dealkylation sites (tertiary alicyclic amines) is 2. The Hall–Kier alpha value is -0.940. The molecule has 2 unspecified atom stereocenters. The van der Waals surface area contributed by atoms with Gasteiger partial charge < -0.3 is 10.8 Å². The first kappa shape index (κ1) is 15.0. The Kier molecular flexibility index (Phi) is 4.60. The van der Waals surface area contributed by atoms with Crippen molar-refractivity contribution < 1.29 is 5.11 Å². The molecule has 2 saturated heterocycles. The smallest absolute Gasteiger partial charge is 0.114 e.